The number of rotatable bonds is 6. The second kappa shape index (κ2) is 11.7. The number of nitrogens with two attached hydrogens (primary N) is 1. The molecule has 4 heterocycles. The van der Waals surface area contributed by atoms with Crippen LogP contribution in [0.2, 0.25) is 0 Å². The van der Waals surface area contributed by atoms with E-state index in [0.717, 1.165) is 0 Å². The lowest BCUT2D eigenvalue weighted by Gasteiger charge is -2.21. The van der Waals surface area contributed by atoms with Gasteiger partial charge in [-0.2, -0.15) is 0 Å². The van der Waals surface area contributed by atoms with Crippen molar-refractivity contribution < 1.29 is 19.1 Å². The molecule has 0 spiro atoms. The van der Waals surface area contributed by atoms with Crippen molar-refractivity contribution in [2.75, 3.05) is 12.3 Å². The minimum atomic E-state index is -0.804. The van der Waals surface area contributed by atoms with Gasteiger partial charge in [-0.05, 0) is 42.6 Å². The third kappa shape index (κ3) is 5.34. The zero-order valence-corrected chi connectivity index (χ0v) is 23.6. The summed E-state index contributed by atoms with van der Waals surface area (Å²) in [5, 5.41) is 10.8. The van der Waals surface area contributed by atoms with Crippen LogP contribution < -0.4 is 21.9 Å². The number of carbonyl (C=O) groups excluding carboxylic acids is 3. The molecule has 0 radical (unpaired) electrons. The molecular formula is C32H27N7O5. The summed E-state index contributed by atoms with van der Waals surface area (Å²) in [6.07, 6.45) is 2.94. The number of ether oxygens (including phenoxy) is 1. The summed E-state index contributed by atoms with van der Waals surface area (Å²) in [6.45, 7) is 1.79. The quantitative estimate of drug-likeness (QED) is 0.201. The fourth-order valence-corrected chi connectivity index (χ4v) is 5.21. The number of cyclic esters (lactones) is 1. The van der Waals surface area contributed by atoms with E-state index in [9.17, 15) is 19.2 Å². The molecule has 12 nitrogen and oxygen atoms in total. The molecule has 5 aromatic rings. The van der Waals surface area contributed by atoms with Gasteiger partial charge in [0, 0.05) is 42.2 Å². The maximum atomic E-state index is 14.2. The molecule has 0 saturated carbocycles. The summed E-state index contributed by atoms with van der Waals surface area (Å²) in [4.78, 5) is 55.4. The van der Waals surface area contributed by atoms with E-state index in [2.05, 4.69) is 32.6 Å². The first-order chi connectivity index (χ1) is 21.3. The zero-order chi connectivity index (χ0) is 30.8. The van der Waals surface area contributed by atoms with Crippen LogP contribution in [0.3, 0.4) is 0 Å². The fraction of sp³-hybridized carbons (Fsp3) is 0.188. The largest absolute Gasteiger partial charge is 0.452 e. The topological polar surface area (TPSA) is 163 Å². The van der Waals surface area contributed by atoms with E-state index >= 15 is 0 Å². The van der Waals surface area contributed by atoms with Gasteiger partial charge in [-0.1, -0.05) is 42.2 Å². The van der Waals surface area contributed by atoms with Crippen LogP contribution in [0, 0.1) is 11.8 Å². The van der Waals surface area contributed by atoms with Gasteiger partial charge in [0.25, 0.3) is 17.4 Å². The van der Waals surface area contributed by atoms with Crippen molar-refractivity contribution in [2.24, 2.45) is 0 Å². The lowest BCUT2D eigenvalue weighted by atomic mass is 10.0. The number of amides is 2. The molecule has 6 rings (SSSR count). The number of benzene rings is 2. The molecule has 44 heavy (non-hydrogen) atoms. The molecule has 4 N–H and O–H groups in total. The third-order valence-corrected chi connectivity index (χ3v) is 7.28. The Labute approximate surface area is 250 Å². The van der Waals surface area contributed by atoms with E-state index in [-0.39, 0.29) is 29.9 Å². The predicted octanol–water partition coefficient (Wildman–Crippen LogP) is 2.28. The minimum Gasteiger partial charge on any atom is -0.452 e. The molecule has 1 fully saturated rings. The van der Waals surface area contributed by atoms with Crippen LogP contribution in [0.5, 0.6) is 0 Å². The summed E-state index contributed by atoms with van der Waals surface area (Å²) in [5.74, 6) is 4.64. The average molecular weight is 590 g/mol. The van der Waals surface area contributed by atoms with Crippen LogP contribution in [-0.2, 0) is 14.3 Å². The number of carbonyl (C=O) groups is 3. The number of pyridine rings is 1. The number of aromatic nitrogens is 4. The summed E-state index contributed by atoms with van der Waals surface area (Å²) in [6, 6.07) is 17.3. The molecule has 3 aromatic heterocycles. The highest BCUT2D eigenvalue weighted by atomic mass is 16.6. The van der Waals surface area contributed by atoms with E-state index in [0.29, 0.717) is 39.8 Å². The van der Waals surface area contributed by atoms with Gasteiger partial charge in [0.05, 0.1) is 18.0 Å². The maximum Gasteiger partial charge on any atom is 0.306 e. The predicted molar refractivity (Wildman–Crippen MR) is 162 cm³/mol. The van der Waals surface area contributed by atoms with Crippen molar-refractivity contribution in [3.8, 4) is 17.5 Å². The van der Waals surface area contributed by atoms with Crippen LogP contribution in [0.25, 0.3) is 22.1 Å². The number of hydrogen-bond donors (Lipinski definition) is 3. The van der Waals surface area contributed by atoms with Crippen molar-refractivity contribution in [1.29, 1.82) is 0 Å². The van der Waals surface area contributed by atoms with Crippen LogP contribution in [0.1, 0.15) is 47.4 Å². The van der Waals surface area contributed by atoms with Crippen LogP contribution in [0.15, 0.2) is 77.9 Å². The van der Waals surface area contributed by atoms with Crippen LogP contribution in [-0.4, -0.2) is 49.6 Å². The number of esters is 1. The normalized spacial score (nSPS) is 14.9. The Hall–Kier alpha value is -5.96. The Morgan fingerprint density at radius 2 is 1.95 bits per heavy atom. The molecular weight excluding hydrogens is 562 g/mol. The lowest BCUT2D eigenvalue weighted by Crippen LogP contribution is -2.34. The molecule has 2 atom stereocenters. The first-order valence-electron chi connectivity index (χ1n) is 13.9. The number of para-hydroxylation sites is 1. The number of nitrogen functional groups attached to an aromatic ring is 1. The van der Waals surface area contributed by atoms with Gasteiger partial charge >= 0.3 is 5.97 Å². The number of fused-ring (bicyclic) bond motifs is 2. The Balaban J connectivity index is 1.35. The lowest BCUT2D eigenvalue weighted by molar-refractivity contribution is -0.148. The van der Waals surface area contributed by atoms with Crippen LogP contribution >= 0.6 is 0 Å². The number of nitrogens with one attached hydrogen (secondary N) is 2. The monoisotopic (exact) mass is 589 g/mol. The maximum absolute atomic E-state index is 14.2. The number of nitrogens with zero attached hydrogens (tertiary/aromatic N) is 4. The molecule has 220 valence electrons. The highest BCUT2D eigenvalue weighted by Crippen LogP contribution is 2.24. The summed E-state index contributed by atoms with van der Waals surface area (Å²) in [5.41, 5.74) is 7.82. The van der Waals surface area contributed by atoms with Gasteiger partial charge in [-0.15, -0.1) is 5.10 Å². The first-order valence-corrected chi connectivity index (χ1v) is 13.9. The Bertz CT molecular complexity index is 2060. The highest BCUT2D eigenvalue weighted by Gasteiger charge is 2.29. The molecule has 1 aliphatic heterocycles. The highest BCUT2D eigenvalue weighted by molar-refractivity contribution is 6.04. The number of anilines is 1. The van der Waals surface area contributed by atoms with E-state index < -0.39 is 29.9 Å². The molecule has 0 aliphatic carbocycles. The second-order valence-corrected chi connectivity index (χ2v) is 10.2. The van der Waals surface area contributed by atoms with Gasteiger partial charge in [0.1, 0.15) is 5.56 Å². The molecule has 1 saturated heterocycles. The van der Waals surface area contributed by atoms with Gasteiger partial charge in [-0.3, -0.25) is 23.7 Å². The van der Waals surface area contributed by atoms with E-state index in [1.54, 1.807) is 60.3 Å². The standard InChI is InChI=1S/C32H27N7O5/c1-19(36-31(42)27-28(33)37-38-17-7-16-34-29(27)38)23-18-21-9-5-8-20(10-6-15-35-30(41)24-13-14-25(40)44-24)26(21)32(43)39(23)22-11-3-2-4-12-22/h2-5,7-9,11-12,16-19,24H,13-15H2,1H3,(H2,33,37)(H,35,41)(H,36,42)/t19-,24+/m0/s1. The van der Waals surface area contributed by atoms with Crippen molar-refractivity contribution >= 4 is 40.0 Å². The van der Waals surface area contributed by atoms with Gasteiger partial charge in [0.2, 0.25) is 0 Å². The molecule has 0 bridgehead atoms. The minimum absolute atomic E-state index is 0.0127. The first kappa shape index (κ1) is 28.2. The number of hydrogen-bond acceptors (Lipinski definition) is 8. The molecule has 1 aliphatic rings. The molecule has 0 unspecified atom stereocenters. The Morgan fingerprint density at radius 3 is 2.73 bits per heavy atom. The summed E-state index contributed by atoms with van der Waals surface area (Å²) >= 11 is 0. The van der Waals surface area contributed by atoms with Gasteiger partial charge < -0.3 is 21.1 Å². The molecule has 2 amide bonds. The van der Waals surface area contributed by atoms with Crippen molar-refractivity contribution in [3.63, 3.8) is 0 Å². The van der Waals surface area contributed by atoms with Gasteiger partial charge in [0.15, 0.2) is 17.6 Å². The summed E-state index contributed by atoms with van der Waals surface area (Å²) in [7, 11) is 0. The third-order valence-electron chi connectivity index (χ3n) is 7.28. The fourth-order valence-electron chi connectivity index (χ4n) is 5.21. The average Bonchev–Trinajstić information content (AvgIpc) is 3.61. The second-order valence-electron chi connectivity index (χ2n) is 10.2. The van der Waals surface area contributed by atoms with Crippen LogP contribution in [0.4, 0.5) is 5.82 Å². The smallest absolute Gasteiger partial charge is 0.306 e. The molecule has 2 aromatic carbocycles. The Morgan fingerprint density at radius 1 is 1.14 bits per heavy atom. The molecule has 12 heteroatoms. The SMILES string of the molecule is C[C@H](NC(=O)c1c(N)nn2cccnc12)c1cc2cccc(C#CCNC(=O)[C@H]3CCC(=O)O3)c2c(=O)n1-c1ccccc1. The van der Waals surface area contributed by atoms with Gasteiger partial charge in [-0.25, -0.2) is 9.50 Å². The van der Waals surface area contributed by atoms with Crippen molar-refractivity contribution in [3.05, 3.63) is 100 Å². The van der Waals surface area contributed by atoms with Crippen molar-refractivity contribution in [1.82, 2.24) is 29.8 Å². The summed E-state index contributed by atoms with van der Waals surface area (Å²) < 4.78 is 7.97. The zero-order valence-electron chi connectivity index (χ0n) is 23.6. The van der Waals surface area contributed by atoms with E-state index in [1.807, 2.05) is 24.3 Å². The Kier molecular flexibility index (Phi) is 7.51. The van der Waals surface area contributed by atoms with E-state index in [4.69, 9.17) is 10.5 Å². The van der Waals surface area contributed by atoms with E-state index in [1.165, 1.54) is 4.52 Å². The van der Waals surface area contributed by atoms with Crippen molar-refractivity contribution in [2.45, 2.75) is 31.9 Å².